The summed E-state index contributed by atoms with van der Waals surface area (Å²) < 4.78 is 7.30. The SMILES string of the molecule is CSc1nnc(C)n1NC(=S)NC(=O)/C=C/c1ccc(-c2cc(Cl)cc(Cl)c2)o1. The summed E-state index contributed by atoms with van der Waals surface area (Å²) in [5.41, 5.74) is 3.60. The molecule has 0 aliphatic rings. The normalized spacial score (nSPS) is 11.0. The predicted molar refractivity (Wildman–Crippen MR) is 120 cm³/mol. The summed E-state index contributed by atoms with van der Waals surface area (Å²) in [4.78, 5) is 12.1. The lowest BCUT2D eigenvalue weighted by Crippen LogP contribution is -2.37. The number of carbonyl (C=O) groups excluding carboxylic acids is 1. The average Bonchev–Trinajstić information content (AvgIpc) is 3.26. The van der Waals surface area contributed by atoms with Crippen molar-refractivity contribution < 1.29 is 9.21 Å². The van der Waals surface area contributed by atoms with Crippen molar-refractivity contribution in [2.24, 2.45) is 0 Å². The van der Waals surface area contributed by atoms with Gasteiger partial charge >= 0.3 is 0 Å². The minimum atomic E-state index is -0.414. The molecule has 0 atom stereocenters. The predicted octanol–water partition coefficient (Wildman–Crippen LogP) is 4.53. The van der Waals surface area contributed by atoms with E-state index in [9.17, 15) is 4.79 Å². The zero-order valence-electron chi connectivity index (χ0n) is 15.3. The molecule has 1 aromatic carbocycles. The van der Waals surface area contributed by atoms with Gasteiger partial charge in [-0.2, -0.15) is 0 Å². The Morgan fingerprint density at radius 3 is 2.66 bits per heavy atom. The molecule has 0 saturated heterocycles. The number of halogens is 2. The molecule has 150 valence electrons. The second-order valence-electron chi connectivity index (χ2n) is 5.69. The van der Waals surface area contributed by atoms with Crippen LogP contribution in [0.15, 0.2) is 46.0 Å². The lowest BCUT2D eigenvalue weighted by atomic mass is 10.2. The van der Waals surface area contributed by atoms with Crippen LogP contribution in [-0.4, -0.2) is 32.1 Å². The molecule has 3 aromatic rings. The molecule has 0 radical (unpaired) electrons. The Labute approximate surface area is 186 Å². The third kappa shape index (κ3) is 5.60. The van der Waals surface area contributed by atoms with Crippen molar-refractivity contribution in [1.82, 2.24) is 20.2 Å². The summed E-state index contributed by atoms with van der Waals surface area (Å²) in [7, 11) is 0. The van der Waals surface area contributed by atoms with Crippen LogP contribution >= 0.6 is 47.2 Å². The van der Waals surface area contributed by atoms with E-state index < -0.39 is 5.91 Å². The van der Waals surface area contributed by atoms with Crippen LogP contribution in [0.2, 0.25) is 10.0 Å². The number of carbonyl (C=O) groups is 1. The monoisotopic (exact) mass is 467 g/mol. The fourth-order valence-electron chi connectivity index (χ4n) is 2.34. The number of amides is 1. The van der Waals surface area contributed by atoms with E-state index in [0.717, 1.165) is 5.56 Å². The smallest absolute Gasteiger partial charge is 0.250 e. The van der Waals surface area contributed by atoms with Crippen LogP contribution in [0.4, 0.5) is 0 Å². The summed E-state index contributed by atoms with van der Waals surface area (Å²) in [6, 6.07) is 8.63. The van der Waals surface area contributed by atoms with Crippen LogP contribution in [0.25, 0.3) is 17.4 Å². The first kappa shape index (κ1) is 21.4. The molecule has 0 aliphatic heterocycles. The molecule has 3 rings (SSSR count). The van der Waals surface area contributed by atoms with Gasteiger partial charge in [-0.3, -0.25) is 15.5 Å². The quantitative estimate of drug-likeness (QED) is 0.323. The van der Waals surface area contributed by atoms with Crippen LogP contribution < -0.4 is 10.7 Å². The Bertz CT molecular complexity index is 1070. The molecule has 0 fully saturated rings. The van der Waals surface area contributed by atoms with Crippen molar-refractivity contribution in [3.8, 4) is 11.3 Å². The van der Waals surface area contributed by atoms with Crippen molar-refractivity contribution in [2.75, 3.05) is 11.7 Å². The fraction of sp³-hybridized carbons (Fsp3) is 0.111. The number of furan rings is 1. The van der Waals surface area contributed by atoms with Crippen molar-refractivity contribution in [1.29, 1.82) is 0 Å². The van der Waals surface area contributed by atoms with E-state index in [1.807, 2.05) is 6.26 Å². The number of nitrogens with zero attached hydrogens (tertiary/aromatic N) is 3. The van der Waals surface area contributed by atoms with Gasteiger partial charge in [-0.1, -0.05) is 35.0 Å². The minimum Gasteiger partial charge on any atom is -0.457 e. The number of aromatic nitrogens is 3. The number of rotatable bonds is 5. The number of hydrogen-bond donors (Lipinski definition) is 2. The third-order valence-corrected chi connectivity index (χ3v) is 4.86. The standard InChI is InChI=1S/C18H15Cl2N5O2S2/c1-10-22-23-18(29-2)25(10)24-17(28)21-16(26)6-4-14-3-5-15(27-14)11-7-12(19)9-13(20)8-11/h3-9H,1-2H3,(H2,21,24,26,28)/b6-4+. The Morgan fingerprint density at radius 2 is 1.97 bits per heavy atom. The Hall–Kier alpha value is -2.33. The van der Waals surface area contributed by atoms with Crippen LogP contribution in [0, 0.1) is 6.92 Å². The van der Waals surface area contributed by atoms with Gasteiger partial charge in [0.25, 0.3) is 0 Å². The van der Waals surface area contributed by atoms with Crippen LogP contribution in [0.1, 0.15) is 11.6 Å². The average molecular weight is 468 g/mol. The minimum absolute atomic E-state index is 0.117. The van der Waals surface area contributed by atoms with Gasteiger partial charge in [-0.25, -0.2) is 4.68 Å². The molecule has 29 heavy (non-hydrogen) atoms. The van der Waals surface area contributed by atoms with Crippen molar-refractivity contribution >= 4 is 64.3 Å². The zero-order chi connectivity index (χ0) is 21.0. The molecule has 0 unspecified atom stereocenters. The summed E-state index contributed by atoms with van der Waals surface area (Å²) >= 11 is 18.6. The highest BCUT2D eigenvalue weighted by atomic mass is 35.5. The number of thioether (sulfide) groups is 1. The van der Waals surface area contributed by atoms with Crippen LogP contribution in [-0.2, 0) is 4.79 Å². The number of aryl methyl sites for hydroxylation is 1. The molecule has 0 aliphatic carbocycles. The molecule has 1 amide bonds. The van der Waals surface area contributed by atoms with Crippen molar-refractivity contribution in [3.63, 3.8) is 0 Å². The Kier molecular flexibility index (Phi) is 6.96. The maximum Gasteiger partial charge on any atom is 0.250 e. The van der Waals surface area contributed by atoms with Crippen LogP contribution in [0.5, 0.6) is 0 Å². The molecule has 2 aromatic heterocycles. The highest BCUT2D eigenvalue weighted by Gasteiger charge is 2.10. The van der Waals surface area contributed by atoms with Gasteiger partial charge in [0.15, 0.2) is 5.11 Å². The first-order valence-electron chi connectivity index (χ1n) is 8.18. The first-order chi connectivity index (χ1) is 13.9. The number of nitrogens with one attached hydrogen (secondary N) is 2. The second kappa shape index (κ2) is 9.45. The Morgan fingerprint density at radius 1 is 1.24 bits per heavy atom. The lowest BCUT2D eigenvalue weighted by molar-refractivity contribution is -0.115. The largest absolute Gasteiger partial charge is 0.457 e. The van der Waals surface area contributed by atoms with Gasteiger partial charge in [0, 0.05) is 21.7 Å². The van der Waals surface area contributed by atoms with E-state index in [0.29, 0.717) is 32.5 Å². The van der Waals surface area contributed by atoms with Crippen molar-refractivity contribution in [3.05, 3.63) is 58.0 Å². The Balaban J connectivity index is 1.61. The van der Waals surface area contributed by atoms with Gasteiger partial charge in [-0.05, 0) is 61.8 Å². The van der Waals surface area contributed by atoms with Gasteiger partial charge < -0.3 is 4.42 Å². The molecule has 2 N–H and O–H groups in total. The number of hydrogen-bond acceptors (Lipinski definition) is 6. The first-order valence-corrected chi connectivity index (χ1v) is 10.6. The van der Waals surface area contributed by atoms with Crippen molar-refractivity contribution in [2.45, 2.75) is 12.1 Å². The molecule has 0 bridgehead atoms. The summed E-state index contributed by atoms with van der Waals surface area (Å²) in [6.07, 6.45) is 4.71. The van der Waals surface area contributed by atoms with Crippen LogP contribution in [0.3, 0.4) is 0 Å². The van der Waals surface area contributed by atoms with E-state index in [1.54, 1.807) is 41.9 Å². The van der Waals surface area contributed by atoms with Gasteiger partial charge in [0.05, 0.1) is 0 Å². The molecule has 7 nitrogen and oxygen atoms in total. The summed E-state index contributed by atoms with van der Waals surface area (Å²) in [5.74, 6) is 1.28. The number of thiocarbonyl (C=S) groups is 1. The fourth-order valence-corrected chi connectivity index (χ4v) is 3.54. The maximum absolute atomic E-state index is 12.1. The van der Waals surface area contributed by atoms with E-state index in [-0.39, 0.29) is 5.11 Å². The highest BCUT2D eigenvalue weighted by molar-refractivity contribution is 7.98. The summed E-state index contributed by atoms with van der Waals surface area (Å²) in [6.45, 7) is 1.77. The van der Waals surface area contributed by atoms with E-state index >= 15 is 0 Å². The van der Waals surface area contributed by atoms with Gasteiger partial charge in [0.1, 0.15) is 17.3 Å². The van der Waals surface area contributed by atoms with E-state index in [1.165, 1.54) is 23.9 Å². The molecule has 2 heterocycles. The molecule has 0 saturated carbocycles. The number of benzene rings is 1. The topological polar surface area (TPSA) is 85.0 Å². The van der Waals surface area contributed by atoms with Gasteiger partial charge in [-0.15, -0.1) is 10.2 Å². The summed E-state index contributed by atoms with van der Waals surface area (Å²) in [5, 5.41) is 12.2. The molecule has 0 spiro atoms. The lowest BCUT2D eigenvalue weighted by Gasteiger charge is -2.11. The molecular weight excluding hydrogens is 453 g/mol. The third-order valence-electron chi connectivity index (χ3n) is 3.60. The maximum atomic E-state index is 12.1. The molecule has 11 heteroatoms. The zero-order valence-corrected chi connectivity index (χ0v) is 18.4. The second-order valence-corrected chi connectivity index (χ2v) is 7.75. The molecular formula is C18H15Cl2N5O2S2. The van der Waals surface area contributed by atoms with Gasteiger partial charge in [0.2, 0.25) is 11.1 Å². The highest BCUT2D eigenvalue weighted by Crippen LogP contribution is 2.28. The van der Waals surface area contributed by atoms with E-state index in [4.69, 9.17) is 39.8 Å². The van der Waals surface area contributed by atoms with E-state index in [2.05, 4.69) is 20.9 Å².